The molecule has 4 nitrogen and oxygen atoms in total. The second kappa shape index (κ2) is 7.88. The topological polar surface area (TPSA) is 33.7 Å². The van der Waals surface area contributed by atoms with Crippen LogP contribution in [0.3, 0.4) is 0 Å². The van der Waals surface area contributed by atoms with Crippen LogP contribution >= 0.6 is 0 Å². The molecule has 1 unspecified atom stereocenters. The molecular weight excluding hydrogens is 309 g/mol. The van der Waals surface area contributed by atoms with Crippen molar-refractivity contribution in [1.29, 1.82) is 0 Å². The molecule has 1 aromatic carbocycles. The van der Waals surface area contributed by atoms with Gasteiger partial charge in [-0.25, -0.2) is 0 Å². The molecule has 1 aliphatic heterocycles. The molecule has 0 spiro atoms. The summed E-state index contributed by atoms with van der Waals surface area (Å²) in [7, 11) is 3.19. The summed E-state index contributed by atoms with van der Waals surface area (Å²) in [6.45, 7) is 1.95. The van der Waals surface area contributed by atoms with E-state index in [0.29, 0.717) is 18.0 Å². The first-order chi connectivity index (χ1) is 10.9. The van der Waals surface area contributed by atoms with Crippen molar-refractivity contribution in [3.8, 4) is 11.5 Å². The molecule has 1 heterocycles. The van der Waals surface area contributed by atoms with Gasteiger partial charge in [0.15, 0.2) is 11.5 Å². The fourth-order valence-corrected chi connectivity index (χ4v) is 2.88. The predicted octanol–water partition coefficient (Wildman–Crippen LogP) is 2.68. The van der Waals surface area contributed by atoms with Crippen molar-refractivity contribution >= 4 is 0 Å². The number of rotatable bonds is 7. The summed E-state index contributed by atoms with van der Waals surface area (Å²) in [6.07, 6.45) is -3.23. The van der Waals surface area contributed by atoms with Gasteiger partial charge in [-0.05, 0) is 43.1 Å². The van der Waals surface area contributed by atoms with Crippen LogP contribution in [0.2, 0.25) is 0 Å². The summed E-state index contributed by atoms with van der Waals surface area (Å²) >= 11 is 0. The van der Waals surface area contributed by atoms with E-state index in [1.54, 1.807) is 14.2 Å². The van der Waals surface area contributed by atoms with E-state index >= 15 is 0 Å². The first-order valence-corrected chi connectivity index (χ1v) is 7.62. The monoisotopic (exact) mass is 332 g/mol. The third kappa shape index (κ3) is 5.58. The van der Waals surface area contributed by atoms with Crippen LogP contribution in [-0.2, 0) is 6.54 Å². The maximum atomic E-state index is 12.1. The molecule has 0 bridgehead atoms. The lowest BCUT2D eigenvalue weighted by Gasteiger charge is -2.18. The van der Waals surface area contributed by atoms with Gasteiger partial charge in [-0.15, -0.1) is 0 Å². The van der Waals surface area contributed by atoms with Gasteiger partial charge in [-0.1, -0.05) is 6.07 Å². The number of ether oxygens (including phenoxy) is 2. The minimum atomic E-state index is -4.14. The summed E-state index contributed by atoms with van der Waals surface area (Å²) in [5.41, 5.74) is 1.10. The number of alkyl halides is 3. The maximum absolute atomic E-state index is 12.1. The fourth-order valence-electron chi connectivity index (χ4n) is 2.88. The van der Waals surface area contributed by atoms with Crippen molar-refractivity contribution in [2.24, 2.45) is 5.92 Å². The molecule has 0 saturated carbocycles. The smallest absolute Gasteiger partial charge is 0.401 e. The Morgan fingerprint density at radius 1 is 1.22 bits per heavy atom. The highest BCUT2D eigenvalue weighted by Gasteiger charge is 2.28. The fraction of sp³-hybridized carbons (Fsp3) is 0.625. The maximum Gasteiger partial charge on any atom is 0.401 e. The lowest BCUT2D eigenvalue weighted by molar-refractivity contribution is -0.125. The van der Waals surface area contributed by atoms with E-state index in [0.717, 1.165) is 31.6 Å². The number of methoxy groups -OCH3 is 2. The van der Waals surface area contributed by atoms with Crippen molar-refractivity contribution in [2.45, 2.75) is 19.1 Å². The number of benzene rings is 1. The van der Waals surface area contributed by atoms with Gasteiger partial charge in [0.25, 0.3) is 0 Å². The zero-order valence-corrected chi connectivity index (χ0v) is 13.4. The standard InChI is InChI=1S/C16H23F3N2O2/c1-22-14-4-3-12(7-15(14)23-2)9-21-6-5-13(10-21)8-20-11-16(17,18)19/h3-4,7,13,20H,5-6,8-11H2,1-2H3. The van der Waals surface area contributed by atoms with Gasteiger partial charge in [0.2, 0.25) is 0 Å². The Hall–Kier alpha value is -1.47. The highest BCUT2D eigenvalue weighted by molar-refractivity contribution is 5.42. The van der Waals surface area contributed by atoms with Crippen LogP contribution in [0.25, 0.3) is 0 Å². The second-order valence-electron chi connectivity index (χ2n) is 5.83. The molecular formula is C16H23F3N2O2. The Balaban J connectivity index is 1.81. The van der Waals surface area contributed by atoms with E-state index in [-0.39, 0.29) is 5.92 Å². The highest BCUT2D eigenvalue weighted by Crippen LogP contribution is 2.29. The normalized spacial score (nSPS) is 19.1. The largest absolute Gasteiger partial charge is 0.493 e. The van der Waals surface area contributed by atoms with E-state index in [2.05, 4.69) is 10.2 Å². The molecule has 130 valence electrons. The van der Waals surface area contributed by atoms with Gasteiger partial charge in [0.1, 0.15) is 0 Å². The van der Waals surface area contributed by atoms with E-state index in [1.807, 2.05) is 18.2 Å². The van der Waals surface area contributed by atoms with Crippen molar-refractivity contribution in [3.05, 3.63) is 23.8 Å². The third-order valence-electron chi connectivity index (χ3n) is 3.98. The molecule has 1 aromatic rings. The lowest BCUT2D eigenvalue weighted by Crippen LogP contribution is -2.33. The van der Waals surface area contributed by atoms with Gasteiger partial charge >= 0.3 is 6.18 Å². The number of halogens is 3. The van der Waals surface area contributed by atoms with Crippen molar-refractivity contribution in [2.75, 3.05) is 40.4 Å². The van der Waals surface area contributed by atoms with Crippen LogP contribution in [-0.4, -0.2) is 51.5 Å². The average Bonchev–Trinajstić information content (AvgIpc) is 2.93. The molecule has 1 aliphatic rings. The van der Waals surface area contributed by atoms with E-state index in [1.165, 1.54) is 0 Å². The van der Waals surface area contributed by atoms with Crippen LogP contribution in [0, 0.1) is 5.92 Å². The van der Waals surface area contributed by atoms with Gasteiger partial charge in [0, 0.05) is 13.1 Å². The first kappa shape index (κ1) is 17.9. The number of likely N-dealkylation sites (tertiary alicyclic amines) is 1. The summed E-state index contributed by atoms with van der Waals surface area (Å²) in [6, 6.07) is 5.79. The van der Waals surface area contributed by atoms with Crippen LogP contribution < -0.4 is 14.8 Å². The Morgan fingerprint density at radius 2 is 1.96 bits per heavy atom. The van der Waals surface area contributed by atoms with Crippen LogP contribution in [0.15, 0.2) is 18.2 Å². The third-order valence-corrected chi connectivity index (χ3v) is 3.98. The second-order valence-corrected chi connectivity index (χ2v) is 5.83. The molecule has 2 rings (SSSR count). The van der Waals surface area contributed by atoms with Gasteiger partial charge in [-0.3, -0.25) is 4.90 Å². The number of nitrogens with zero attached hydrogens (tertiary/aromatic N) is 1. The Bertz CT molecular complexity index is 509. The van der Waals surface area contributed by atoms with Crippen LogP contribution in [0.1, 0.15) is 12.0 Å². The average molecular weight is 332 g/mol. The van der Waals surface area contributed by atoms with Crippen molar-refractivity contribution < 1.29 is 22.6 Å². The lowest BCUT2D eigenvalue weighted by atomic mass is 10.1. The SMILES string of the molecule is COc1ccc(CN2CCC(CNCC(F)(F)F)C2)cc1OC. The summed E-state index contributed by atoms with van der Waals surface area (Å²) < 4.78 is 46.9. The Kier molecular flexibility index (Phi) is 6.12. The number of hydrogen-bond donors (Lipinski definition) is 1. The highest BCUT2D eigenvalue weighted by atomic mass is 19.4. The summed E-state index contributed by atoms with van der Waals surface area (Å²) in [4.78, 5) is 2.25. The molecule has 0 aliphatic carbocycles. The van der Waals surface area contributed by atoms with Crippen molar-refractivity contribution in [3.63, 3.8) is 0 Å². The number of hydrogen-bond acceptors (Lipinski definition) is 4. The molecule has 0 radical (unpaired) electrons. The summed E-state index contributed by atoms with van der Waals surface area (Å²) in [5.74, 6) is 1.64. The van der Waals surface area contributed by atoms with E-state index in [9.17, 15) is 13.2 Å². The zero-order valence-electron chi connectivity index (χ0n) is 13.4. The molecule has 23 heavy (non-hydrogen) atoms. The van der Waals surface area contributed by atoms with Gasteiger partial charge < -0.3 is 14.8 Å². The molecule has 1 atom stereocenters. The summed E-state index contributed by atoms with van der Waals surface area (Å²) in [5, 5.41) is 2.50. The molecule has 0 aromatic heterocycles. The molecule has 1 fully saturated rings. The zero-order chi connectivity index (χ0) is 16.9. The number of nitrogens with one attached hydrogen (secondary N) is 1. The molecule has 1 saturated heterocycles. The van der Waals surface area contributed by atoms with Gasteiger partial charge in [-0.2, -0.15) is 13.2 Å². The molecule has 7 heteroatoms. The first-order valence-electron chi connectivity index (χ1n) is 7.62. The predicted molar refractivity (Wildman–Crippen MR) is 81.9 cm³/mol. The van der Waals surface area contributed by atoms with E-state index in [4.69, 9.17) is 9.47 Å². The molecule has 1 N–H and O–H groups in total. The minimum absolute atomic E-state index is 0.262. The van der Waals surface area contributed by atoms with Crippen LogP contribution in [0.5, 0.6) is 11.5 Å². The molecule has 0 amide bonds. The Labute approximate surface area is 134 Å². The van der Waals surface area contributed by atoms with E-state index < -0.39 is 12.7 Å². The minimum Gasteiger partial charge on any atom is -0.493 e. The van der Waals surface area contributed by atoms with Gasteiger partial charge in [0.05, 0.1) is 20.8 Å². The van der Waals surface area contributed by atoms with Crippen LogP contribution in [0.4, 0.5) is 13.2 Å². The Morgan fingerprint density at radius 3 is 2.61 bits per heavy atom. The quantitative estimate of drug-likeness (QED) is 0.832. The van der Waals surface area contributed by atoms with Crippen molar-refractivity contribution in [1.82, 2.24) is 10.2 Å².